The topological polar surface area (TPSA) is 78.5 Å². The first kappa shape index (κ1) is 18.7. The lowest BCUT2D eigenvalue weighted by Gasteiger charge is -2.15. The van der Waals surface area contributed by atoms with E-state index in [1.807, 2.05) is 13.8 Å². The molecule has 1 heterocycles. The predicted octanol–water partition coefficient (Wildman–Crippen LogP) is 3.35. The average molecular weight is 381 g/mol. The van der Waals surface area contributed by atoms with Crippen LogP contribution in [0.15, 0.2) is 48.5 Å². The number of nitrogens with one attached hydrogen (secondary N) is 2. The Morgan fingerprint density at radius 3 is 2.07 bits per heavy atom. The molecule has 2 aromatic rings. The van der Waals surface area contributed by atoms with Gasteiger partial charge in [-0.05, 0) is 54.5 Å². The Morgan fingerprint density at radius 1 is 1.00 bits per heavy atom. The maximum absolute atomic E-state index is 12.5. The molecule has 0 aliphatic carbocycles. The van der Waals surface area contributed by atoms with E-state index in [0.29, 0.717) is 28.9 Å². The summed E-state index contributed by atoms with van der Waals surface area (Å²) in [6.45, 7) is 3.90. The highest BCUT2D eigenvalue weighted by Gasteiger charge is 2.36. The quantitative estimate of drug-likeness (QED) is 0.627. The third-order valence-electron chi connectivity index (χ3n) is 4.02. The van der Waals surface area contributed by atoms with Crippen LogP contribution in [-0.4, -0.2) is 22.8 Å². The van der Waals surface area contributed by atoms with E-state index < -0.39 is 0 Å². The standard InChI is InChI=1S/C20H19N3O3S/c1-12(2)11-17(24)22-20(27)21-13-7-9-14(10-8-13)23-18(25)15-5-3-4-6-16(15)19(23)26/h3-10,12H,11H2,1-2H3,(H2,21,22,24,27). The van der Waals surface area contributed by atoms with Crippen molar-refractivity contribution in [3.8, 4) is 0 Å². The van der Waals surface area contributed by atoms with E-state index in [1.165, 1.54) is 0 Å². The molecule has 0 radical (unpaired) electrons. The Hall–Kier alpha value is -3.06. The second-order valence-electron chi connectivity index (χ2n) is 6.64. The zero-order chi connectivity index (χ0) is 19.6. The largest absolute Gasteiger partial charge is 0.332 e. The van der Waals surface area contributed by atoms with Gasteiger partial charge in [0.25, 0.3) is 11.8 Å². The number of anilines is 2. The number of carbonyl (C=O) groups excluding carboxylic acids is 3. The number of benzene rings is 2. The molecule has 0 saturated carbocycles. The van der Waals surface area contributed by atoms with Crippen molar-refractivity contribution in [3.63, 3.8) is 0 Å². The molecule has 1 aliphatic heterocycles. The second kappa shape index (κ2) is 7.67. The molecule has 7 heteroatoms. The highest BCUT2D eigenvalue weighted by atomic mass is 32.1. The van der Waals surface area contributed by atoms with E-state index in [1.54, 1.807) is 48.5 Å². The van der Waals surface area contributed by atoms with E-state index >= 15 is 0 Å². The second-order valence-corrected chi connectivity index (χ2v) is 7.05. The maximum atomic E-state index is 12.5. The first-order valence-corrected chi connectivity index (χ1v) is 8.96. The van der Waals surface area contributed by atoms with E-state index in [0.717, 1.165) is 4.90 Å². The zero-order valence-corrected chi connectivity index (χ0v) is 15.8. The number of thiocarbonyl (C=S) groups is 1. The SMILES string of the molecule is CC(C)CC(=O)NC(=S)Nc1ccc(N2C(=O)c3ccccc3C2=O)cc1. The molecular weight excluding hydrogens is 362 g/mol. The zero-order valence-electron chi connectivity index (χ0n) is 15.0. The van der Waals surface area contributed by atoms with Gasteiger partial charge >= 0.3 is 0 Å². The van der Waals surface area contributed by atoms with Crippen molar-refractivity contribution < 1.29 is 14.4 Å². The van der Waals surface area contributed by atoms with Crippen LogP contribution < -0.4 is 15.5 Å². The first-order chi connectivity index (χ1) is 12.9. The summed E-state index contributed by atoms with van der Waals surface area (Å²) in [6.07, 6.45) is 0.389. The molecule has 0 unspecified atom stereocenters. The molecule has 2 N–H and O–H groups in total. The van der Waals surface area contributed by atoms with Gasteiger partial charge in [-0.2, -0.15) is 0 Å². The Labute approximate surface area is 162 Å². The monoisotopic (exact) mass is 381 g/mol. The lowest BCUT2D eigenvalue weighted by atomic mass is 10.1. The van der Waals surface area contributed by atoms with Gasteiger partial charge in [-0.3, -0.25) is 14.4 Å². The van der Waals surface area contributed by atoms with E-state index in [-0.39, 0.29) is 28.8 Å². The van der Waals surface area contributed by atoms with Gasteiger partial charge in [0.15, 0.2) is 5.11 Å². The van der Waals surface area contributed by atoms with Gasteiger partial charge in [0, 0.05) is 12.1 Å². The van der Waals surface area contributed by atoms with Crippen LogP contribution in [0.1, 0.15) is 41.0 Å². The fourth-order valence-corrected chi connectivity index (χ4v) is 3.06. The minimum absolute atomic E-state index is 0.148. The number of hydrogen-bond donors (Lipinski definition) is 2. The van der Waals surface area contributed by atoms with Gasteiger partial charge in [-0.25, -0.2) is 4.90 Å². The fourth-order valence-electron chi connectivity index (χ4n) is 2.83. The highest BCUT2D eigenvalue weighted by Crippen LogP contribution is 2.28. The molecule has 0 bridgehead atoms. The summed E-state index contributed by atoms with van der Waals surface area (Å²) in [7, 11) is 0. The number of amides is 3. The predicted molar refractivity (Wildman–Crippen MR) is 108 cm³/mol. The molecule has 0 aromatic heterocycles. The van der Waals surface area contributed by atoms with Crippen molar-refractivity contribution in [2.75, 3.05) is 10.2 Å². The van der Waals surface area contributed by atoms with E-state index in [4.69, 9.17) is 12.2 Å². The summed E-state index contributed by atoms with van der Waals surface area (Å²) in [6, 6.07) is 13.4. The first-order valence-electron chi connectivity index (χ1n) is 8.55. The number of fused-ring (bicyclic) bond motifs is 1. The Balaban J connectivity index is 1.68. The Morgan fingerprint density at radius 2 is 1.56 bits per heavy atom. The average Bonchev–Trinajstić information content (AvgIpc) is 2.86. The highest BCUT2D eigenvalue weighted by molar-refractivity contribution is 7.80. The summed E-state index contributed by atoms with van der Waals surface area (Å²) in [4.78, 5) is 37.9. The molecule has 0 atom stereocenters. The molecule has 1 aliphatic rings. The van der Waals surface area contributed by atoms with Crippen molar-refractivity contribution >= 4 is 46.4 Å². The summed E-state index contributed by atoms with van der Waals surface area (Å²) < 4.78 is 0. The van der Waals surface area contributed by atoms with Gasteiger partial charge < -0.3 is 10.6 Å². The lowest BCUT2D eigenvalue weighted by Crippen LogP contribution is -2.34. The molecule has 138 valence electrons. The number of imide groups is 1. The fraction of sp³-hybridized carbons (Fsp3) is 0.200. The molecule has 3 rings (SSSR count). The Bertz CT molecular complexity index is 887. The van der Waals surface area contributed by atoms with Gasteiger partial charge in [-0.1, -0.05) is 26.0 Å². The van der Waals surface area contributed by atoms with Crippen LogP contribution in [-0.2, 0) is 4.79 Å². The summed E-state index contributed by atoms with van der Waals surface area (Å²) in [5, 5.41) is 5.74. The molecule has 2 aromatic carbocycles. The molecule has 27 heavy (non-hydrogen) atoms. The number of nitrogens with zero attached hydrogens (tertiary/aromatic N) is 1. The van der Waals surface area contributed by atoms with Gasteiger partial charge in [0.2, 0.25) is 5.91 Å². The normalized spacial score (nSPS) is 12.9. The molecule has 0 fully saturated rings. The van der Waals surface area contributed by atoms with Crippen molar-refractivity contribution in [3.05, 3.63) is 59.7 Å². The van der Waals surface area contributed by atoms with E-state index in [2.05, 4.69) is 10.6 Å². The van der Waals surface area contributed by atoms with Crippen LogP contribution in [0.2, 0.25) is 0 Å². The molecule has 3 amide bonds. The minimum Gasteiger partial charge on any atom is -0.332 e. The maximum Gasteiger partial charge on any atom is 0.266 e. The number of hydrogen-bond acceptors (Lipinski definition) is 4. The number of carbonyl (C=O) groups is 3. The van der Waals surface area contributed by atoms with Gasteiger partial charge in [0.05, 0.1) is 16.8 Å². The Kier molecular flexibility index (Phi) is 5.32. The molecule has 0 saturated heterocycles. The third kappa shape index (κ3) is 4.03. The summed E-state index contributed by atoms with van der Waals surface area (Å²) >= 11 is 5.13. The van der Waals surface area contributed by atoms with Gasteiger partial charge in [0.1, 0.15) is 0 Å². The van der Waals surface area contributed by atoms with Crippen molar-refractivity contribution in [2.45, 2.75) is 20.3 Å². The van der Waals surface area contributed by atoms with E-state index in [9.17, 15) is 14.4 Å². The van der Waals surface area contributed by atoms with Crippen LogP contribution in [0.3, 0.4) is 0 Å². The van der Waals surface area contributed by atoms with Crippen molar-refractivity contribution in [1.29, 1.82) is 0 Å². The molecule has 6 nitrogen and oxygen atoms in total. The minimum atomic E-state index is -0.340. The summed E-state index contributed by atoms with van der Waals surface area (Å²) in [5.41, 5.74) is 1.92. The van der Waals surface area contributed by atoms with Crippen LogP contribution in [0.25, 0.3) is 0 Å². The van der Waals surface area contributed by atoms with Crippen LogP contribution >= 0.6 is 12.2 Å². The van der Waals surface area contributed by atoms with Crippen LogP contribution in [0, 0.1) is 5.92 Å². The van der Waals surface area contributed by atoms with Gasteiger partial charge in [-0.15, -0.1) is 0 Å². The third-order valence-corrected chi connectivity index (χ3v) is 4.23. The lowest BCUT2D eigenvalue weighted by molar-refractivity contribution is -0.120. The van der Waals surface area contributed by atoms with Crippen molar-refractivity contribution in [2.24, 2.45) is 5.92 Å². The molecule has 0 spiro atoms. The summed E-state index contributed by atoms with van der Waals surface area (Å²) in [5.74, 6) is -0.586. The van der Waals surface area contributed by atoms with Crippen molar-refractivity contribution in [1.82, 2.24) is 5.32 Å². The van der Waals surface area contributed by atoms with Crippen LogP contribution in [0.4, 0.5) is 11.4 Å². The molecular formula is C20H19N3O3S. The van der Waals surface area contributed by atoms with Crippen LogP contribution in [0.5, 0.6) is 0 Å². The number of rotatable bonds is 4. The smallest absolute Gasteiger partial charge is 0.266 e.